The van der Waals surface area contributed by atoms with Crippen LogP contribution < -0.4 is 5.32 Å². The summed E-state index contributed by atoms with van der Waals surface area (Å²) in [5.74, 6) is -1.59. The van der Waals surface area contributed by atoms with Gasteiger partial charge in [0.1, 0.15) is 17.7 Å². The number of carbonyl (C=O) groups is 2. The quantitative estimate of drug-likeness (QED) is 0.392. The molecular weight excluding hydrogens is 450 g/mol. The molecule has 1 N–H and O–H groups in total. The predicted octanol–water partition coefficient (Wildman–Crippen LogP) is 5.67. The maximum Gasteiger partial charge on any atom is 0.247 e. The molecule has 32 heavy (non-hydrogen) atoms. The van der Waals surface area contributed by atoms with Gasteiger partial charge in [0.25, 0.3) is 0 Å². The topological polar surface area (TPSA) is 49.4 Å². The summed E-state index contributed by atoms with van der Waals surface area (Å²) in [5.41, 5.74) is 1.13. The van der Waals surface area contributed by atoms with Gasteiger partial charge in [0.05, 0.1) is 0 Å². The largest absolute Gasteiger partial charge is 0.351 e. The smallest absolute Gasteiger partial charge is 0.247 e. The number of rotatable bonds is 8. The Hall–Kier alpha value is -2.11. The minimum atomic E-state index is -1.09. The molecule has 2 amide bonds. The molecule has 172 valence electrons. The van der Waals surface area contributed by atoms with Crippen molar-refractivity contribution in [2.75, 3.05) is 12.4 Å². The zero-order chi connectivity index (χ0) is 22.9. The third-order valence-corrected chi connectivity index (χ3v) is 6.43. The van der Waals surface area contributed by atoms with Gasteiger partial charge in [-0.3, -0.25) is 9.59 Å². The number of carbonyl (C=O) groups excluding carboxylic acids is 2. The fraction of sp³-hybridized carbons (Fsp3) is 0.440. The number of hydrogen-bond acceptors (Lipinski definition) is 2. The summed E-state index contributed by atoms with van der Waals surface area (Å²) >= 11 is 11.9. The highest BCUT2D eigenvalue weighted by molar-refractivity contribution is 6.30. The van der Waals surface area contributed by atoms with Gasteiger partial charge in [0.2, 0.25) is 11.8 Å². The van der Waals surface area contributed by atoms with E-state index in [-0.39, 0.29) is 29.9 Å². The number of hydrogen-bond donors (Lipinski definition) is 1. The summed E-state index contributed by atoms with van der Waals surface area (Å²) in [5, 5.41) is 3.71. The Morgan fingerprint density at radius 3 is 2.31 bits per heavy atom. The van der Waals surface area contributed by atoms with Gasteiger partial charge in [-0.2, -0.15) is 0 Å². The van der Waals surface area contributed by atoms with Gasteiger partial charge >= 0.3 is 0 Å². The highest BCUT2D eigenvalue weighted by atomic mass is 35.5. The van der Waals surface area contributed by atoms with Gasteiger partial charge in [-0.05, 0) is 43.0 Å². The van der Waals surface area contributed by atoms with E-state index in [2.05, 4.69) is 5.32 Å². The molecule has 0 aliphatic heterocycles. The lowest BCUT2D eigenvalue weighted by molar-refractivity contribution is -0.139. The van der Waals surface area contributed by atoms with E-state index in [0.29, 0.717) is 11.4 Å². The normalized spacial score (nSPS) is 15.6. The standard InChI is InChI=1S/C25H29Cl2FN2O2/c26-17-23(31)30(16-15-18-11-13-19(27)14-12-18)24(21-9-5-6-10-22(21)28)25(32)29-20-7-3-1-2-4-8-20/h5-6,9-14,20,24H,1-4,7-8,15-17H2,(H,29,32). The molecule has 1 unspecified atom stereocenters. The molecule has 1 saturated carbocycles. The Morgan fingerprint density at radius 1 is 1.03 bits per heavy atom. The molecule has 4 nitrogen and oxygen atoms in total. The van der Waals surface area contributed by atoms with Gasteiger partial charge in [0.15, 0.2) is 0 Å². The molecule has 2 aromatic rings. The second kappa shape index (κ2) is 12.2. The number of nitrogens with one attached hydrogen (secondary N) is 1. The Labute approximate surface area is 199 Å². The monoisotopic (exact) mass is 478 g/mol. The van der Waals surface area contributed by atoms with E-state index >= 15 is 0 Å². The molecule has 0 radical (unpaired) electrons. The molecule has 0 heterocycles. The van der Waals surface area contributed by atoms with Crippen molar-refractivity contribution in [2.45, 2.75) is 57.0 Å². The minimum absolute atomic E-state index is 0.0310. The molecule has 0 saturated heterocycles. The highest BCUT2D eigenvalue weighted by Gasteiger charge is 2.33. The van der Waals surface area contributed by atoms with Crippen LogP contribution in [0.15, 0.2) is 48.5 Å². The van der Waals surface area contributed by atoms with Crippen LogP contribution >= 0.6 is 23.2 Å². The van der Waals surface area contributed by atoms with E-state index in [0.717, 1.165) is 44.1 Å². The number of alkyl halides is 1. The Bertz CT molecular complexity index is 899. The fourth-order valence-electron chi connectivity index (χ4n) is 4.23. The van der Waals surface area contributed by atoms with Crippen LogP contribution in [-0.2, 0) is 16.0 Å². The lowest BCUT2D eigenvalue weighted by Gasteiger charge is -2.32. The number of halogens is 3. The first-order valence-corrected chi connectivity index (χ1v) is 12.1. The highest BCUT2D eigenvalue weighted by Crippen LogP contribution is 2.26. The molecule has 1 fully saturated rings. The van der Waals surface area contributed by atoms with Crippen molar-refractivity contribution < 1.29 is 14.0 Å². The first-order valence-electron chi connectivity index (χ1n) is 11.1. The Kier molecular flexibility index (Phi) is 9.36. The van der Waals surface area contributed by atoms with Crippen molar-refractivity contribution >= 4 is 35.0 Å². The molecule has 7 heteroatoms. The zero-order valence-corrected chi connectivity index (χ0v) is 19.5. The summed E-state index contributed by atoms with van der Waals surface area (Å²) in [7, 11) is 0. The molecule has 0 aromatic heterocycles. The van der Waals surface area contributed by atoms with Crippen LogP contribution in [0.4, 0.5) is 4.39 Å². The molecule has 0 bridgehead atoms. The van der Waals surface area contributed by atoms with E-state index in [9.17, 15) is 14.0 Å². The minimum Gasteiger partial charge on any atom is -0.351 e. The van der Waals surface area contributed by atoms with Crippen LogP contribution in [0.5, 0.6) is 0 Å². The fourth-order valence-corrected chi connectivity index (χ4v) is 4.51. The van der Waals surface area contributed by atoms with Crippen molar-refractivity contribution in [3.05, 3.63) is 70.5 Å². The third-order valence-electron chi connectivity index (χ3n) is 5.95. The van der Waals surface area contributed by atoms with E-state index in [1.807, 2.05) is 12.1 Å². The van der Waals surface area contributed by atoms with E-state index in [4.69, 9.17) is 23.2 Å². The van der Waals surface area contributed by atoms with E-state index < -0.39 is 17.8 Å². The third kappa shape index (κ3) is 6.69. The van der Waals surface area contributed by atoms with Crippen LogP contribution in [-0.4, -0.2) is 35.2 Å². The van der Waals surface area contributed by atoms with Crippen molar-refractivity contribution in [3.63, 3.8) is 0 Å². The lowest BCUT2D eigenvalue weighted by atomic mass is 10.0. The van der Waals surface area contributed by atoms with Crippen LogP contribution in [0.2, 0.25) is 5.02 Å². The van der Waals surface area contributed by atoms with Gasteiger partial charge in [0, 0.05) is 23.2 Å². The molecule has 3 rings (SSSR count). The first-order chi connectivity index (χ1) is 15.5. The SMILES string of the molecule is O=C(NC1CCCCCC1)C(c1ccccc1F)N(CCc1ccc(Cl)cc1)C(=O)CCl. The van der Waals surface area contributed by atoms with E-state index in [1.165, 1.54) is 11.0 Å². The molecule has 2 aromatic carbocycles. The summed E-state index contributed by atoms with van der Waals surface area (Å²) in [6.07, 6.45) is 6.68. The molecule has 1 aliphatic rings. The van der Waals surface area contributed by atoms with Crippen LogP contribution in [0.25, 0.3) is 0 Å². The van der Waals surface area contributed by atoms with Crippen molar-refractivity contribution in [1.29, 1.82) is 0 Å². The Morgan fingerprint density at radius 2 is 1.69 bits per heavy atom. The molecule has 0 spiro atoms. The van der Waals surface area contributed by atoms with Crippen molar-refractivity contribution in [2.24, 2.45) is 0 Å². The maximum atomic E-state index is 14.8. The number of amides is 2. The molecule has 1 aliphatic carbocycles. The number of nitrogens with zero attached hydrogens (tertiary/aromatic N) is 1. The van der Waals surface area contributed by atoms with Crippen LogP contribution in [0.3, 0.4) is 0 Å². The molecule has 1 atom stereocenters. The number of benzene rings is 2. The first kappa shape index (κ1) is 24.5. The second-order valence-electron chi connectivity index (χ2n) is 8.22. The lowest BCUT2D eigenvalue weighted by Crippen LogP contribution is -2.48. The van der Waals surface area contributed by atoms with Gasteiger partial charge in [-0.1, -0.05) is 67.6 Å². The summed E-state index contributed by atoms with van der Waals surface area (Å²) in [4.78, 5) is 27.7. The Balaban J connectivity index is 1.88. The van der Waals surface area contributed by atoms with Crippen LogP contribution in [0, 0.1) is 5.82 Å². The predicted molar refractivity (Wildman–Crippen MR) is 126 cm³/mol. The summed E-state index contributed by atoms with van der Waals surface area (Å²) < 4.78 is 14.8. The van der Waals surface area contributed by atoms with Crippen LogP contribution in [0.1, 0.15) is 55.7 Å². The van der Waals surface area contributed by atoms with Gasteiger partial charge < -0.3 is 10.2 Å². The van der Waals surface area contributed by atoms with E-state index in [1.54, 1.807) is 30.3 Å². The maximum absolute atomic E-state index is 14.8. The van der Waals surface area contributed by atoms with Gasteiger partial charge in [-0.15, -0.1) is 11.6 Å². The molecular formula is C25H29Cl2FN2O2. The summed E-state index contributed by atoms with van der Waals surface area (Å²) in [6, 6.07) is 12.3. The average Bonchev–Trinajstić information content (AvgIpc) is 3.06. The zero-order valence-electron chi connectivity index (χ0n) is 18.0. The average molecular weight is 479 g/mol. The van der Waals surface area contributed by atoms with Gasteiger partial charge in [-0.25, -0.2) is 4.39 Å². The van der Waals surface area contributed by atoms with Crippen molar-refractivity contribution in [3.8, 4) is 0 Å². The second-order valence-corrected chi connectivity index (χ2v) is 8.92. The summed E-state index contributed by atoms with van der Waals surface area (Å²) in [6.45, 7) is 0.226. The van der Waals surface area contributed by atoms with Crippen molar-refractivity contribution in [1.82, 2.24) is 10.2 Å².